The molecule has 0 aromatic heterocycles. The minimum atomic E-state index is -3.32. The van der Waals surface area contributed by atoms with Crippen molar-refractivity contribution in [3.05, 3.63) is 65.4 Å². The lowest BCUT2D eigenvalue weighted by molar-refractivity contribution is 0.399. The van der Waals surface area contributed by atoms with Gasteiger partial charge in [0.15, 0.2) is 0 Å². The second kappa shape index (κ2) is 8.99. The summed E-state index contributed by atoms with van der Waals surface area (Å²) in [6.45, 7) is 8.76. The van der Waals surface area contributed by atoms with Gasteiger partial charge in [0.2, 0.25) is 10.0 Å². The minimum Gasteiger partial charge on any atom is -0.496 e. The average molecular weight is 479 g/mol. The lowest BCUT2D eigenvalue weighted by atomic mass is 9.83. The number of anilines is 2. The molecular formula is C28H34N2O3S. The average Bonchev–Trinajstić information content (AvgIpc) is 2.69. The molecule has 0 atom stereocenters. The molecule has 3 aromatic carbocycles. The van der Waals surface area contributed by atoms with Gasteiger partial charge in [0.1, 0.15) is 5.75 Å². The topological polar surface area (TPSA) is 67.4 Å². The van der Waals surface area contributed by atoms with Crippen LogP contribution in [0.25, 0.3) is 21.9 Å². The van der Waals surface area contributed by atoms with E-state index in [0.29, 0.717) is 5.69 Å². The molecule has 5 nitrogen and oxygen atoms in total. The predicted octanol–water partition coefficient (Wildman–Crippen LogP) is 7.05. The van der Waals surface area contributed by atoms with Crippen LogP contribution < -0.4 is 14.8 Å². The number of sulfonamides is 1. The lowest BCUT2D eigenvalue weighted by Gasteiger charge is -2.27. The minimum absolute atomic E-state index is 0.0988. The zero-order valence-electron chi connectivity index (χ0n) is 20.9. The SMILES string of the molecule is COc1c(-c2ccc3cc(NS(C)(=O)=O)ccc3c2)cc(NC(C)=C2CCC2)cc1C(C)(C)C. The Hall–Kier alpha value is -2.99. The Morgan fingerprint density at radius 1 is 0.941 bits per heavy atom. The van der Waals surface area contributed by atoms with Gasteiger partial charge in [-0.25, -0.2) is 8.42 Å². The number of benzene rings is 3. The van der Waals surface area contributed by atoms with E-state index in [-0.39, 0.29) is 5.41 Å². The second-order valence-corrected chi connectivity index (χ2v) is 12.0. The highest BCUT2D eigenvalue weighted by Gasteiger charge is 2.24. The summed E-state index contributed by atoms with van der Waals surface area (Å²) < 4.78 is 31.7. The number of allylic oxidation sites excluding steroid dienone is 2. The first-order chi connectivity index (χ1) is 15.9. The van der Waals surface area contributed by atoms with Crippen molar-refractivity contribution in [2.45, 2.75) is 52.4 Å². The van der Waals surface area contributed by atoms with Gasteiger partial charge in [-0.15, -0.1) is 0 Å². The molecule has 0 heterocycles. The number of hydrogen-bond donors (Lipinski definition) is 2. The van der Waals surface area contributed by atoms with Gasteiger partial charge in [-0.3, -0.25) is 4.72 Å². The standard InChI is InChI=1S/C28H34N2O3S/c1-18(19-8-7-9-19)29-24-16-25(27(33-5)26(17-24)28(2,3)4)22-11-10-21-15-23(30-34(6,31)32)13-12-20(21)14-22/h10-17,29-30H,7-9H2,1-6H3. The Bertz CT molecular complexity index is 1380. The molecule has 0 radical (unpaired) electrons. The third-order valence-electron chi connectivity index (χ3n) is 6.37. The highest BCUT2D eigenvalue weighted by atomic mass is 32.2. The van der Waals surface area contributed by atoms with Crippen molar-refractivity contribution < 1.29 is 13.2 Å². The molecule has 34 heavy (non-hydrogen) atoms. The number of nitrogens with one attached hydrogen (secondary N) is 2. The van der Waals surface area contributed by atoms with Gasteiger partial charge in [-0.05, 0) is 78.3 Å². The molecule has 1 saturated carbocycles. The van der Waals surface area contributed by atoms with E-state index in [1.54, 1.807) is 13.2 Å². The Morgan fingerprint density at radius 3 is 2.21 bits per heavy atom. The molecule has 3 aromatic rings. The fraction of sp³-hybridized carbons (Fsp3) is 0.357. The number of rotatable bonds is 6. The molecule has 1 aliphatic rings. The van der Waals surface area contributed by atoms with Crippen molar-refractivity contribution in [3.63, 3.8) is 0 Å². The molecule has 0 spiro atoms. The fourth-order valence-corrected chi connectivity index (χ4v) is 4.97. The zero-order valence-corrected chi connectivity index (χ0v) is 21.7. The van der Waals surface area contributed by atoms with Crippen LogP contribution in [-0.2, 0) is 15.4 Å². The first-order valence-electron chi connectivity index (χ1n) is 11.6. The molecule has 6 heteroatoms. The van der Waals surface area contributed by atoms with Crippen LogP contribution in [0, 0.1) is 0 Å². The molecule has 1 fully saturated rings. The van der Waals surface area contributed by atoms with Gasteiger partial charge in [0, 0.05) is 28.2 Å². The maximum Gasteiger partial charge on any atom is 0.229 e. The van der Waals surface area contributed by atoms with E-state index in [1.165, 1.54) is 30.5 Å². The van der Waals surface area contributed by atoms with Crippen LogP contribution in [0.5, 0.6) is 5.75 Å². The quantitative estimate of drug-likeness (QED) is 0.398. The number of fused-ring (bicyclic) bond motifs is 1. The number of ether oxygens (including phenoxy) is 1. The summed E-state index contributed by atoms with van der Waals surface area (Å²) in [4.78, 5) is 0. The molecule has 0 aliphatic heterocycles. The molecule has 4 rings (SSSR count). The Labute approximate surface area is 203 Å². The smallest absolute Gasteiger partial charge is 0.229 e. The van der Waals surface area contributed by atoms with Crippen LogP contribution in [0.2, 0.25) is 0 Å². The van der Waals surface area contributed by atoms with Crippen molar-refractivity contribution in [3.8, 4) is 16.9 Å². The molecular weight excluding hydrogens is 444 g/mol. The molecule has 0 saturated heterocycles. The van der Waals surface area contributed by atoms with Crippen molar-refractivity contribution >= 4 is 32.2 Å². The summed E-state index contributed by atoms with van der Waals surface area (Å²) in [7, 11) is -1.59. The van der Waals surface area contributed by atoms with E-state index in [9.17, 15) is 8.42 Å². The Balaban J connectivity index is 1.82. The molecule has 0 amide bonds. The predicted molar refractivity (Wildman–Crippen MR) is 143 cm³/mol. The normalized spacial score (nSPS) is 14.0. The summed E-state index contributed by atoms with van der Waals surface area (Å²) in [5.74, 6) is 0.877. The zero-order chi connectivity index (χ0) is 24.7. The monoisotopic (exact) mass is 478 g/mol. The number of hydrogen-bond acceptors (Lipinski definition) is 4. The van der Waals surface area contributed by atoms with E-state index < -0.39 is 10.0 Å². The molecule has 180 valence electrons. The molecule has 1 aliphatic carbocycles. The fourth-order valence-electron chi connectivity index (χ4n) is 4.42. The lowest BCUT2D eigenvalue weighted by Crippen LogP contribution is -2.15. The van der Waals surface area contributed by atoms with E-state index in [4.69, 9.17) is 4.74 Å². The maximum absolute atomic E-state index is 11.6. The summed E-state index contributed by atoms with van der Waals surface area (Å²) in [6.07, 6.45) is 4.78. The summed E-state index contributed by atoms with van der Waals surface area (Å²) in [5, 5.41) is 5.64. The van der Waals surface area contributed by atoms with Gasteiger partial charge in [-0.1, -0.05) is 44.5 Å². The van der Waals surface area contributed by atoms with Crippen LogP contribution in [0.3, 0.4) is 0 Å². The Kier molecular flexibility index (Phi) is 6.38. The van der Waals surface area contributed by atoms with Crippen molar-refractivity contribution in [1.29, 1.82) is 0 Å². The van der Waals surface area contributed by atoms with Gasteiger partial charge < -0.3 is 10.1 Å². The molecule has 2 N–H and O–H groups in total. The Morgan fingerprint density at radius 2 is 1.62 bits per heavy atom. The summed E-state index contributed by atoms with van der Waals surface area (Å²) >= 11 is 0. The van der Waals surface area contributed by atoms with Crippen LogP contribution in [0.1, 0.15) is 52.5 Å². The highest BCUT2D eigenvalue weighted by molar-refractivity contribution is 7.92. The van der Waals surface area contributed by atoms with Gasteiger partial charge in [-0.2, -0.15) is 0 Å². The van der Waals surface area contributed by atoms with Crippen molar-refractivity contribution in [2.24, 2.45) is 0 Å². The van der Waals surface area contributed by atoms with E-state index in [1.807, 2.05) is 18.2 Å². The van der Waals surface area contributed by atoms with E-state index in [2.05, 4.69) is 62.0 Å². The van der Waals surface area contributed by atoms with Crippen LogP contribution in [0.15, 0.2) is 59.8 Å². The van der Waals surface area contributed by atoms with Crippen LogP contribution >= 0.6 is 0 Å². The van der Waals surface area contributed by atoms with Crippen LogP contribution in [0.4, 0.5) is 11.4 Å². The highest BCUT2D eigenvalue weighted by Crippen LogP contribution is 2.43. The molecule has 0 unspecified atom stereocenters. The third-order valence-corrected chi connectivity index (χ3v) is 6.98. The van der Waals surface area contributed by atoms with Gasteiger partial charge >= 0.3 is 0 Å². The van der Waals surface area contributed by atoms with Crippen LogP contribution in [-0.4, -0.2) is 21.8 Å². The first kappa shape index (κ1) is 24.1. The van der Waals surface area contributed by atoms with Gasteiger partial charge in [0.25, 0.3) is 0 Å². The maximum atomic E-state index is 11.6. The van der Waals surface area contributed by atoms with Gasteiger partial charge in [0.05, 0.1) is 13.4 Å². The summed E-state index contributed by atoms with van der Waals surface area (Å²) in [5.41, 5.74) is 7.49. The van der Waals surface area contributed by atoms with E-state index in [0.717, 1.165) is 45.2 Å². The molecule has 0 bridgehead atoms. The van der Waals surface area contributed by atoms with Crippen molar-refractivity contribution in [2.75, 3.05) is 23.4 Å². The van der Waals surface area contributed by atoms with E-state index >= 15 is 0 Å². The summed E-state index contributed by atoms with van der Waals surface area (Å²) in [6, 6.07) is 16.2. The van der Waals surface area contributed by atoms with Crippen molar-refractivity contribution in [1.82, 2.24) is 0 Å². The third kappa shape index (κ3) is 5.22. The largest absolute Gasteiger partial charge is 0.496 e. The first-order valence-corrected chi connectivity index (χ1v) is 13.5. The number of methoxy groups -OCH3 is 1. The second-order valence-electron chi connectivity index (χ2n) is 10.2.